The van der Waals surface area contributed by atoms with Crippen molar-refractivity contribution in [1.29, 1.82) is 0 Å². The van der Waals surface area contributed by atoms with Gasteiger partial charge < -0.3 is 5.32 Å². The second kappa shape index (κ2) is 8.44. The van der Waals surface area contributed by atoms with Gasteiger partial charge in [0.25, 0.3) is 5.91 Å². The lowest BCUT2D eigenvalue weighted by Crippen LogP contribution is -2.26. The molecule has 0 heterocycles. The van der Waals surface area contributed by atoms with Gasteiger partial charge in [0.2, 0.25) is 0 Å². The molecule has 2 aromatic carbocycles. The smallest absolute Gasteiger partial charge is 0.252 e. The molecule has 0 aliphatic carbocycles. The van der Waals surface area contributed by atoms with Crippen molar-refractivity contribution in [2.24, 2.45) is 0 Å². The van der Waals surface area contributed by atoms with E-state index in [-0.39, 0.29) is 5.91 Å². The summed E-state index contributed by atoms with van der Waals surface area (Å²) in [7, 11) is 0. The number of thioether (sulfide) groups is 1. The van der Waals surface area contributed by atoms with Gasteiger partial charge in [-0.2, -0.15) is 11.8 Å². The quantitative estimate of drug-likeness (QED) is 0.569. The maximum absolute atomic E-state index is 12.0. The Kier molecular flexibility index (Phi) is 6.57. The third kappa shape index (κ3) is 5.04. The number of carbonyl (C=O) groups is 1. The monoisotopic (exact) mass is 411 g/mol. The second-order valence-electron chi connectivity index (χ2n) is 4.71. The van der Waals surface area contributed by atoms with Gasteiger partial charge in [-0.05, 0) is 52.8 Å². The molecular weight excluding hydrogens is 393 g/mol. The fourth-order valence-electron chi connectivity index (χ4n) is 1.93. The highest BCUT2D eigenvalue weighted by Gasteiger charge is 2.07. The molecule has 0 saturated carbocycles. The third-order valence-corrected chi connectivity index (χ3v) is 5.12. The summed E-state index contributed by atoms with van der Waals surface area (Å²) in [6.45, 7) is 2.83. The summed E-state index contributed by atoms with van der Waals surface area (Å²) in [5.74, 6) is 1.92. The molecule has 2 aromatic rings. The summed E-state index contributed by atoms with van der Waals surface area (Å²) < 4.78 is 0.986. The largest absolute Gasteiger partial charge is 0.351 e. The van der Waals surface area contributed by atoms with Crippen molar-refractivity contribution < 1.29 is 4.79 Å². The Morgan fingerprint density at radius 1 is 1.14 bits per heavy atom. The lowest BCUT2D eigenvalue weighted by Gasteiger charge is -2.08. The van der Waals surface area contributed by atoms with Gasteiger partial charge in [-0.25, -0.2) is 0 Å². The molecule has 21 heavy (non-hydrogen) atoms. The van der Waals surface area contributed by atoms with Crippen LogP contribution in [0.2, 0.25) is 0 Å². The highest BCUT2D eigenvalue weighted by atomic mass is 127. The molecule has 0 aliphatic rings. The van der Waals surface area contributed by atoms with Crippen LogP contribution in [0.1, 0.15) is 21.5 Å². The summed E-state index contributed by atoms with van der Waals surface area (Å²) in [6, 6.07) is 16.1. The molecule has 0 spiro atoms. The first-order valence-electron chi connectivity index (χ1n) is 6.83. The van der Waals surface area contributed by atoms with E-state index in [1.165, 1.54) is 11.1 Å². The van der Waals surface area contributed by atoms with Crippen LogP contribution >= 0.6 is 34.4 Å². The molecule has 0 bridgehead atoms. The van der Waals surface area contributed by atoms with Crippen molar-refractivity contribution in [2.75, 3.05) is 12.3 Å². The lowest BCUT2D eigenvalue weighted by atomic mass is 10.1. The molecule has 0 fully saturated rings. The molecule has 0 aromatic heterocycles. The van der Waals surface area contributed by atoms with Gasteiger partial charge >= 0.3 is 0 Å². The van der Waals surface area contributed by atoms with E-state index >= 15 is 0 Å². The standard InChI is InChI=1S/C17H18INOS/c1-13-6-2-3-7-14(13)12-21-11-10-19-17(20)15-8-4-5-9-16(15)18/h2-9H,10-12H2,1H3,(H,19,20). The summed E-state index contributed by atoms with van der Waals surface area (Å²) >= 11 is 4.03. The van der Waals surface area contributed by atoms with E-state index in [2.05, 4.69) is 59.1 Å². The molecule has 2 nitrogen and oxygen atoms in total. The number of hydrogen-bond donors (Lipinski definition) is 1. The van der Waals surface area contributed by atoms with E-state index in [1.807, 2.05) is 36.0 Å². The zero-order chi connectivity index (χ0) is 15.1. The molecule has 1 N–H and O–H groups in total. The fourth-order valence-corrected chi connectivity index (χ4v) is 3.50. The number of amides is 1. The van der Waals surface area contributed by atoms with Crippen molar-refractivity contribution in [3.05, 3.63) is 68.8 Å². The SMILES string of the molecule is Cc1ccccc1CSCCNC(=O)c1ccccc1I. The van der Waals surface area contributed by atoms with Gasteiger partial charge in [0.1, 0.15) is 0 Å². The summed E-state index contributed by atoms with van der Waals surface area (Å²) in [6.07, 6.45) is 0. The number of rotatable bonds is 6. The Bertz CT molecular complexity index is 615. The van der Waals surface area contributed by atoms with Crippen molar-refractivity contribution in [2.45, 2.75) is 12.7 Å². The molecule has 0 radical (unpaired) electrons. The predicted molar refractivity (Wildman–Crippen MR) is 98.8 cm³/mol. The van der Waals surface area contributed by atoms with Crippen LogP contribution in [0.4, 0.5) is 0 Å². The average molecular weight is 411 g/mol. The molecule has 0 aliphatic heterocycles. The number of aryl methyl sites for hydroxylation is 1. The van der Waals surface area contributed by atoms with Crippen LogP contribution in [0, 0.1) is 10.5 Å². The zero-order valence-electron chi connectivity index (χ0n) is 11.9. The van der Waals surface area contributed by atoms with Crippen molar-refractivity contribution in [3.8, 4) is 0 Å². The van der Waals surface area contributed by atoms with Crippen LogP contribution in [0.5, 0.6) is 0 Å². The Morgan fingerprint density at radius 3 is 2.62 bits per heavy atom. The Balaban J connectivity index is 1.72. The summed E-state index contributed by atoms with van der Waals surface area (Å²) in [4.78, 5) is 12.0. The van der Waals surface area contributed by atoms with E-state index in [9.17, 15) is 4.79 Å². The molecule has 4 heteroatoms. The Labute approximate surface area is 143 Å². The predicted octanol–water partition coefficient (Wildman–Crippen LogP) is 4.26. The number of benzene rings is 2. The minimum absolute atomic E-state index is 0.0106. The minimum Gasteiger partial charge on any atom is -0.351 e. The maximum Gasteiger partial charge on any atom is 0.252 e. The summed E-state index contributed by atoms with van der Waals surface area (Å²) in [5, 5.41) is 2.98. The molecule has 110 valence electrons. The van der Waals surface area contributed by atoms with Gasteiger partial charge in [0.05, 0.1) is 5.56 Å². The molecule has 0 unspecified atom stereocenters. The number of hydrogen-bond acceptors (Lipinski definition) is 2. The van der Waals surface area contributed by atoms with E-state index in [4.69, 9.17) is 0 Å². The van der Waals surface area contributed by atoms with Gasteiger partial charge in [-0.1, -0.05) is 36.4 Å². The lowest BCUT2D eigenvalue weighted by molar-refractivity contribution is 0.0955. The Hall–Kier alpha value is -1.01. The highest BCUT2D eigenvalue weighted by molar-refractivity contribution is 14.1. The highest BCUT2D eigenvalue weighted by Crippen LogP contribution is 2.15. The first-order chi connectivity index (χ1) is 10.2. The van der Waals surface area contributed by atoms with E-state index in [0.29, 0.717) is 6.54 Å². The van der Waals surface area contributed by atoms with E-state index in [1.54, 1.807) is 0 Å². The van der Waals surface area contributed by atoms with E-state index < -0.39 is 0 Å². The van der Waals surface area contributed by atoms with Gasteiger partial charge in [-0.3, -0.25) is 4.79 Å². The fraction of sp³-hybridized carbons (Fsp3) is 0.235. The molecule has 0 saturated heterocycles. The first kappa shape index (κ1) is 16.4. The van der Waals surface area contributed by atoms with Gasteiger partial charge in [0, 0.05) is 21.6 Å². The van der Waals surface area contributed by atoms with E-state index in [0.717, 1.165) is 20.6 Å². The third-order valence-electron chi connectivity index (χ3n) is 3.17. The molecular formula is C17H18INOS. The maximum atomic E-state index is 12.0. The van der Waals surface area contributed by atoms with Crippen molar-refractivity contribution >= 4 is 40.3 Å². The van der Waals surface area contributed by atoms with Gasteiger partial charge in [-0.15, -0.1) is 0 Å². The average Bonchev–Trinajstić information content (AvgIpc) is 2.49. The first-order valence-corrected chi connectivity index (χ1v) is 9.07. The van der Waals surface area contributed by atoms with Crippen molar-refractivity contribution in [1.82, 2.24) is 5.32 Å². The Morgan fingerprint density at radius 2 is 1.86 bits per heavy atom. The second-order valence-corrected chi connectivity index (χ2v) is 6.98. The van der Waals surface area contributed by atoms with Crippen LogP contribution in [0.15, 0.2) is 48.5 Å². The van der Waals surface area contributed by atoms with Crippen LogP contribution in [-0.4, -0.2) is 18.2 Å². The van der Waals surface area contributed by atoms with Gasteiger partial charge in [0.15, 0.2) is 0 Å². The number of nitrogens with one attached hydrogen (secondary N) is 1. The van der Waals surface area contributed by atoms with Crippen LogP contribution < -0.4 is 5.32 Å². The van der Waals surface area contributed by atoms with Crippen LogP contribution in [0.3, 0.4) is 0 Å². The summed E-state index contributed by atoms with van der Waals surface area (Å²) in [5.41, 5.74) is 3.45. The number of halogens is 1. The topological polar surface area (TPSA) is 29.1 Å². The normalized spacial score (nSPS) is 10.4. The zero-order valence-corrected chi connectivity index (χ0v) is 14.9. The molecule has 1 amide bonds. The number of carbonyl (C=O) groups excluding carboxylic acids is 1. The minimum atomic E-state index is 0.0106. The van der Waals surface area contributed by atoms with Crippen LogP contribution in [0.25, 0.3) is 0 Å². The molecule has 0 atom stereocenters. The van der Waals surface area contributed by atoms with Crippen molar-refractivity contribution in [3.63, 3.8) is 0 Å². The molecule has 2 rings (SSSR count). The van der Waals surface area contributed by atoms with Crippen LogP contribution in [-0.2, 0) is 5.75 Å².